The third-order valence-electron chi connectivity index (χ3n) is 7.80. The number of hydrogen-bond acceptors (Lipinski definition) is 1. The summed E-state index contributed by atoms with van der Waals surface area (Å²) in [7, 11) is 0. The van der Waals surface area contributed by atoms with Crippen LogP contribution in [-0.4, -0.2) is 0 Å². The Morgan fingerprint density at radius 2 is 1.52 bits per heavy atom. The average Bonchev–Trinajstić information content (AvgIpc) is 2.83. The Kier molecular flexibility index (Phi) is 9.85. The second-order valence-electron chi connectivity index (χ2n) is 9.89. The maximum absolute atomic E-state index is 12.8. The van der Waals surface area contributed by atoms with Crippen LogP contribution < -0.4 is 0 Å². The van der Waals surface area contributed by atoms with Crippen LogP contribution in [0.25, 0.3) is 0 Å². The van der Waals surface area contributed by atoms with Gasteiger partial charge in [0.25, 0.3) is 0 Å². The first-order chi connectivity index (χ1) is 15.2. The number of benzene rings is 1. The molecule has 0 aliphatic heterocycles. The molecule has 0 amide bonds. The molecule has 168 valence electrons. The quantitative estimate of drug-likeness (QED) is 0.222. The summed E-state index contributed by atoms with van der Waals surface area (Å²) in [4.78, 5) is 0. The highest BCUT2D eigenvalue weighted by molar-refractivity contribution is 5.25. The van der Waals surface area contributed by atoms with Gasteiger partial charge in [0.05, 0.1) is 0 Å². The van der Waals surface area contributed by atoms with Crippen molar-refractivity contribution in [3.63, 3.8) is 0 Å². The van der Waals surface area contributed by atoms with Crippen LogP contribution in [0.15, 0.2) is 48.3 Å². The number of hydrogen-bond donors (Lipinski definition) is 0. The second-order valence-corrected chi connectivity index (χ2v) is 9.89. The topological polar surface area (TPSA) is 23.8 Å². The Labute approximate surface area is 189 Å². The molecule has 2 fully saturated rings. The lowest BCUT2D eigenvalue weighted by atomic mass is 9.76. The summed E-state index contributed by atoms with van der Waals surface area (Å²) in [5.74, 6) is 2.49. The lowest BCUT2D eigenvalue weighted by molar-refractivity contribution is 0.273. The van der Waals surface area contributed by atoms with E-state index in [1.54, 1.807) is 11.6 Å². The number of halogens is 1. The van der Waals surface area contributed by atoms with Gasteiger partial charge in [0.1, 0.15) is 6.07 Å². The Morgan fingerprint density at radius 1 is 0.935 bits per heavy atom. The van der Waals surface area contributed by atoms with Gasteiger partial charge in [-0.3, -0.25) is 0 Å². The third-order valence-corrected chi connectivity index (χ3v) is 7.80. The maximum atomic E-state index is 12.8. The molecule has 0 radical (unpaired) electrons. The molecule has 1 aromatic rings. The summed E-state index contributed by atoms with van der Waals surface area (Å²) in [6.45, 7) is 2.23. The van der Waals surface area contributed by atoms with E-state index in [4.69, 9.17) is 5.26 Å². The molecule has 0 spiro atoms. The number of unbranched alkanes of at least 4 members (excludes halogenated alkanes) is 1. The zero-order valence-corrected chi connectivity index (χ0v) is 19.4. The van der Waals surface area contributed by atoms with E-state index in [1.165, 1.54) is 94.8 Å². The Balaban J connectivity index is 1.25. The number of nitriles is 1. The van der Waals surface area contributed by atoms with Gasteiger partial charge in [-0.05, 0) is 98.7 Å². The second kappa shape index (κ2) is 12.8. The fourth-order valence-electron chi connectivity index (χ4n) is 5.68. The molecule has 0 bridgehead atoms. The van der Waals surface area contributed by atoms with E-state index in [0.717, 1.165) is 24.2 Å². The van der Waals surface area contributed by atoms with Crippen LogP contribution in [-0.2, 0) is 6.42 Å². The molecule has 0 atom stereocenters. The smallest absolute Gasteiger partial charge is 0.195 e. The van der Waals surface area contributed by atoms with E-state index in [1.807, 2.05) is 0 Å². The van der Waals surface area contributed by atoms with Crippen LogP contribution in [0.3, 0.4) is 0 Å². The molecule has 2 heteroatoms. The minimum Gasteiger partial charge on any atom is -0.195 e. The molecule has 0 saturated heterocycles. The van der Waals surface area contributed by atoms with Gasteiger partial charge < -0.3 is 0 Å². The van der Waals surface area contributed by atoms with Gasteiger partial charge >= 0.3 is 0 Å². The Morgan fingerprint density at radius 3 is 2.06 bits per heavy atom. The van der Waals surface area contributed by atoms with Crippen LogP contribution in [0.5, 0.6) is 0 Å². The molecule has 2 saturated carbocycles. The molecule has 0 unspecified atom stereocenters. The largest absolute Gasteiger partial charge is 0.199 e. The van der Waals surface area contributed by atoms with E-state index in [2.05, 4.69) is 37.3 Å². The van der Waals surface area contributed by atoms with Crippen LogP contribution in [0.4, 0.5) is 4.39 Å². The van der Waals surface area contributed by atoms with Crippen molar-refractivity contribution in [2.24, 2.45) is 17.8 Å². The highest BCUT2D eigenvalue weighted by Gasteiger charge is 2.23. The van der Waals surface area contributed by atoms with Gasteiger partial charge in [0, 0.05) is 0 Å². The van der Waals surface area contributed by atoms with Crippen molar-refractivity contribution in [1.82, 2.24) is 0 Å². The van der Waals surface area contributed by atoms with Crippen molar-refractivity contribution in [3.8, 4) is 6.07 Å². The summed E-state index contributed by atoms with van der Waals surface area (Å²) in [5.41, 5.74) is 3.01. The third kappa shape index (κ3) is 7.95. The van der Waals surface area contributed by atoms with E-state index in [0.29, 0.717) is 5.92 Å². The normalized spacial score (nSPS) is 27.3. The first kappa shape index (κ1) is 23.8. The average molecular weight is 422 g/mol. The summed E-state index contributed by atoms with van der Waals surface area (Å²) < 4.78 is 12.8. The summed E-state index contributed by atoms with van der Waals surface area (Å²) in [6, 6.07) is 10.9. The monoisotopic (exact) mass is 421 g/mol. The minimum atomic E-state index is -0.705. The molecule has 0 N–H and O–H groups in total. The zero-order valence-electron chi connectivity index (χ0n) is 19.4. The molecule has 2 aliphatic rings. The van der Waals surface area contributed by atoms with Crippen LogP contribution >= 0.6 is 0 Å². The molecule has 3 rings (SSSR count). The molecular weight excluding hydrogens is 381 g/mol. The van der Waals surface area contributed by atoms with Crippen LogP contribution in [0.1, 0.15) is 101 Å². The van der Waals surface area contributed by atoms with Crippen molar-refractivity contribution < 1.29 is 4.39 Å². The molecule has 1 aromatic carbocycles. The number of rotatable bonds is 9. The first-order valence-electron chi connectivity index (χ1n) is 12.7. The molecule has 31 heavy (non-hydrogen) atoms. The number of allylic oxidation sites excluding steroid dienone is 4. The molecular formula is C29H40FN. The molecule has 2 aliphatic carbocycles. The van der Waals surface area contributed by atoms with Crippen LogP contribution in [0.2, 0.25) is 0 Å². The molecule has 0 aromatic heterocycles. The number of nitrogens with zero attached hydrogens (tertiary/aromatic N) is 1. The lowest BCUT2D eigenvalue weighted by Crippen LogP contribution is -2.14. The van der Waals surface area contributed by atoms with Crippen molar-refractivity contribution in [2.45, 2.75) is 96.3 Å². The van der Waals surface area contributed by atoms with Crippen molar-refractivity contribution in [1.29, 1.82) is 5.26 Å². The lowest BCUT2D eigenvalue weighted by Gasteiger charge is -2.29. The standard InChI is InChI=1S/C29H40FN/c1-2-23-14-18-27(19-15-23)28-20-16-25(17-21-28)7-4-3-6-24-10-12-26(13-11-24)8-5-9-29(30)22-31/h5,8-9,14-15,18-19,24-26,28H,2-4,6-7,10-13,16-17,20-21H2,1H3. The highest BCUT2D eigenvalue weighted by Crippen LogP contribution is 2.38. The van der Waals surface area contributed by atoms with Gasteiger partial charge in [0.15, 0.2) is 5.83 Å². The summed E-state index contributed by atoms with van der Waals surface area (Å²) in [5, 5.41) is 8.44. The van der Waals surface area contributed by atoms with Gasteiger partial charge in [-0.1, -0.05) is 69.0 Å². The SMILES string of the molecule is CCc1ccc(C2CCC(CCCCC3CCC(C=CC=C(F)C#N)CC3)CC2)cc1. The van der Waals surface area contributed by atoms with E-state index >= 15 is 0 Å². The van der Waals surface area contributed by atoms with E-state index in [-0.39, 0.29) is 0 Å². The predicted molar refractivity (Wildman–Crippen MR) is 128 cm³/mol. The maximum Gasteiger partial charge on any atom is 0.199 e. The summed E-state index contributed by atoms with van der Waals surface area (Å²) in [6.07, 6.45) is 22.4. The zero-order chi connectivity index (χ0) is 21.9. The Bertz CT molecular complexity index is 738. The minimum absolute atomic E-state index is 0.562. The van der Waals surface area contributed by atoms with Gasteiger partial charge in [0.2, 0.25) is 0 Å². The number of aryl methyl sites for hydroxylation is 1. The highest BCUT2D eigenvalue weighted by atomic mass is 19.1. The van der Waals surface area contributed by atoms with Gasteiger partial charge in [-0.25, -0.2) is 0 Å². The van der Waals surface area contributed by atoms with E-state index in [9.17, 15) is 4.39 Å². The van der Waals surface area contributed by atoms with Gasteiger partial charge in [-0.2, -0.15) is 9.65 Å². The summed E-state index contributed by atoms with van der Waals surface area (Å²) >= 11 is 0. The van der Waals surface area contributed by atoms with Crippen molar-refractivity contribution in [3.05, 3.63) is 59.4 Å². The molecule has 0 heterocycles. The van der Waals surface area contributed by atoms with Crippen molar-refractivity contribution in [2.75, 3.05) is 0 Å². The first-order valence-corrected chi connectivity index (χ1v) is 12.7. The predicted octanol–water partition coefficient (Wildman–Crippen LogP) is 8.82. The fourth-order valence-corrected chi connectivity index (χ4v) is 5.68. The van der Waals surface area contributed by atoms with Crippen molar-refractivity contribution >= 4 is 0 Å². The Hall–Kier alpha value is -1.88. The fraction of sp³-hybridized carbons (Fsp3) is 0.621. The molecule has 1 nitrogen and oxygen atoms in total. The van der Waals surface area contributed by atoms with Crippen LogP contribution in [0, 0.1) is 29.1 Å². The van der Waals surface area contributed by atoms with E-state index < -0.39 is 5.83 Å². The van der Waals surface area contributed by atoms with Gasteiger partial charge in [-0.15, -0.1) is 0 Å².